The second-order valence-corrected chi connectivity index (χ2v) is 7.35. The van der Waals surface area contributed by atoms with Gasteiger partial charge in [-0.05, 0) is 31.2 Å². The molecule has 1 aromatic carbocycles. The summed E-state index contributed by atoms with van der Waals surface area (Å²) in [5.74, 6) is 0.614. The summed E-state index contributed by atoms with van der Waals surface area (Å²) in [6, 6.07) is 9.62. The summed E-state index contributed by atoms with van der Waals surface area (Å²) in [6.45, 7) is 9.38. The normalized spacial score (nSPS) is 19.5. The van der Waals surface area contributed by atoms with Crippen molar-refractivity contribution in [1.82, 2.24) is 10.2 Å². The lowest BCUT2D eigenvalue weighted by molar-refractivity contribution is -0.126. The van der Waals surface area contributed by atoms with Crippen molar-refractivity contribution >= 4 is 5.91 Å². The molecule has 23 heavy (non-hydrogen) atoms. The van der Waals surface area contributed by atoms with E-state index in [1.165, 1.54) is 0 Å². The van der Waals surface area contributed by atoms with Gasteiger partial charge in [0.15, 0.2) is 0 Å². The van der Waals surface area contributed by atoms with Gasteiger partial charge in [-0.15, -0.1) is 0 Å². The minimum Gasteiger partial charge on any atom is -0.385 e. The van der Waals surface area contributed by atoms with Crippen LogP contribution in [0.25, 0.3) is 0 Å². The second kappa shape index (κ2) is 7.93. The summed E-state index contributed by atoms with van der Waals surface area (Å²) in [5.41, 5.74) is -0.342. The number of nitrogens with zero attached hydrogens (tertiary/aromatic N) is 1. The monoisotopic (exact) mass is 318 g/mol. The van der Waals surface area contributed by atoms with Gasteiger partial charge in [0.2, 0.25) is 5.91 Å². The number of piperidine rings is 1. The van der Waals surface area contributed by atoms with Crippen LogP contribution in [0.2, 0.25) is 0 Å². The Morgan fingerprint density at radius 1 is 1.30 bits per heavy atom. The van der Waals surface area contributed by atoms with E-state index >= 15 is 0 Å². The molecule has 2 N–H and O–H groups in total. The minimum absolute atomic E-state index is 0.0684. The number of amides is 1. The number of likely N-dealkylation sites (tertiary alicyclic amines) is 1. The average molecular weight is 318 g/mol. The third-order valence-electron chi connectivity index (χ3n) is 4.48. The van der Waals surface area contributed by atoms with Crippen molar-refractivity contribution in [2.24, 2.45) is 5.92 Å². The number of aliphatic hydroxyl groups is 1. The van der Waals surface area contributed by atoms with Crippen molar-refractivity contribution in [2.45, 2.75) is 51.7 Å². The lowest BCUT2D eigenvalue weighted by Gasteiger charge is -2.34. The number of benzene rings is 1. The van der Waals surface area contributed by atoms with Gasteiger partial charge in [-0.2, -0.15) is 0 Å². The van der Waals surface area contributed by atoms with Gasteiger partial charge in [0.1, 0.15) is 0 Å². The molecule has 2 rings (SSSR count). The van der Waals surface area contributed by atoms with Crippen LogP contribution in [0.5, 0.6) is 0 Å². The Morgan fingerprint density at radius 2 is 1.91 bits per heavy atom. The summed E-state index contributed by atoms with van der Waals surface area (Å²) < 4.78 is 0. The molecule has 1 amide bonds. The molecule has 0 aliphatic carbocycles. The summed E-state index contributed by atoms with van der Waals surface area (Å²) in [6.07, 6.45) is 2.08. The van der Waals surface area contributed by atoms with Crippen molar-refractivity contribution in [3.8, 4) is 0 Å². The molecule has 0 aromatic heterocycles. The van der Waals surface area contributed by atoms with Crippen LogP contribution < -0.4 is 5.32 Å². The first-order valence-electron chi connectivity index (χ1n) is 8.66. The van der Waals surface area contributed by atoms with E-state index in [2.05, 4.69) is 24.1 Å². The van der Waals surface area contributed by atoms with Crippen LogP contribution in [0.1, 0.15) is 45.6 Å². The number of hydrogen-bond acceptors (Lipinski definition) is 3. The van der Waals surface area contributed by atoms with Crippen LogP contribution in [0.15, 0.2) is 30.3 Å². The zero-order valence-electron chi connectivity index (χ0n) is 14.6. The molecule has 1 unspecified atom stereocenters. The highest BCUT2D eigenvalue weighted by molar-refractivity contribution is 5.77. The molecule has 1 saturated heterocycles. The summed E-state index contributed by atoms with van der Waals surface area (Å²) in [5, 5.41) is 13.7. The third-order valence-corrected chi connectivity index (χ3v) is 4.48. The van der Waals surface area contributed by atoms with E-state index in [4.69, 9.17) is 0 Å². The van der Waals surface area contributed by atoms with Crippen LogP contribution >= 0.6 is 0 Å². The van der Waals surface area contributed by atoms with Crippen molar-refractivity contribution in [1.29, 1.82) is 0 Å². The van der Waals surface area contributed by atoms with E-state index < -0.39 is 5.60 Å². The Bertz CT molecular complexity index is 491. The van der Waals surface area contributed by atoms with E-state index in [-0.39, 0.29) is 18.4 Å². The van der Waals surface area contributed by atoms with Gasteiger partial charge < -0.3 is 15.3 Å². The Kier molecular flexibility index (Phi) is 6.19. The first-order chi connectivity index (χ1) is 10.9. The van der Waals surface area contributed by atoms with Gasteiger partial charge >= 0.3 is 0 Å². The van der Waals surface area contributed by atoms with Crippen molar-refractivity contribution in [3.05, 3.63) is 35.9 Å². The SMILES string of the molecule is CC(C)CN1CCC(NC(=O)CC(C)(O)c2ccccc2)CC1. The predicted molar refractivity (Wildman–Crippen MR) is 93.1 cm³/mol. The molecule has 0 saturated carbocycles. The number of carbonyl (C=O) groups is 1. The van der Waals surface area contributed by atoms with Gasteiger partial charge in [0.25, 0.3) is 0 Å². The summed E-state index contributed by atoms with van der Waals surface area (Å²) in [4.78, 5) is 14.7. The number of rotatable bonds is 6. The van der Waals surface area contributed by atoms with Gasteiger partial charge in [-0.25, -0.2) is 0 Å². The van der Waals surface area contributed by atoms with E-state index in [1.54, 1.807) is 6.92 Å². The largest absolute Gasteiger partial charge is 0.385 e. The molecule has 1 aliphatic rings. The molecule has 1 atom stereocenters. The first kappa shape index (κ1) is 18.0. The summed E-state index contributed by atoms with van der Waals surface area (Å²) >= 11 is 0. The smallest absolute Gasteiger partial charge is 0.223 e. The Balaban J connectivity index is 1.79. The van der Waals surface area contributed by atoms with Crippen molar-refractivity contribution < 1.29 is 9.90 Å². The second-order valence-electron chi connectivity index (χ2n) is 7.35. The van der Waals surface area contributed by atoms with Gasteiger partial charge in [0, 0.05) is 25.7 Å². The number of hydrogen-bond donors (Lipinski definition) is 2. The van der Waals surface area contributed by atoms with Crippen molar-refractivity contribution in [2.75, 3.05) is 19.6 Å². The molecular formula is C19H30N2O2. The van der Waals surface area contributed by atoms with E-state index in [0.29, 0.717) is 5.92 Å². The van der Waals surface area contributed by atoms with E-state index in [0.717, 1.165) is 38.0 Å². The van der Waals surface area contributed by atoms with Crippen LogP contribution in [0.4, 0.5) is 0 Å². The molecular weight excluding hydrogens is 288 g/mol. The molecule has 128 valence electrons. The average Bonchev–Trinajstić information content (AvgIpc) is 2.49. The lowest BCUT2D eigenvalue weighted by Crippen LogP contribution is -2.46. The Morgan fingerprint density at radius 3 is 2.48 bits per heavy atom. The Hall–Kier alpha value is -1.39. The van der Waals surface area contributed by atoms with E-state index in [9.17, 15) is 9.90 Å². The fourth-order valence-electron chi connectivity index (χ4n) is 3.27. The number of carbonyl (C=O) groups excluding carboxylic acids is 1. The van der Waals surface area contributed by atoms with Gasteiger partial charge in [-0.3, -0.25) is 4.79 Å². The zero-order chi connectivity index (χ0) is 16.9. The predicted octanol–water partition coefficient (Wildman–Crippen LogP) is 2.52. The fraction of sp³-hybridized carbons (Fsp3) is 0.632. The zero-order valence-corrected chi connectivity index (χ0v) is 14.6. The molecule has 1 aromatic rings. The molecule has 0 bridgehead atoms. The van der Waals surface area contributed by atoms with Crippen LogP contribution in [-0.4, -0.2) is 41.6 Å². The van der Waals surface area contributed by atoms with Crippen LogP contribution in [0.3, 0.4) is 0 Å². The molecule has 1 heterocycles. The molecule has 4 nitrogen and oxygen atoms in total. The highest BCUT2D eigenvalue weighted by Gasteiger charge is 2.28. The maximum absolute atomic E-state index is 12.3. The number of nitrogens with one attached hydrogen (secondary N) is 1. The molecule has 1 aliphatic heterocycles. The van der Waals surface area contributed by atoms with Gasteiger partial charge in [0.05, 0.1) is 12.0 Å². The lowest BCUT2D eigenvalue weighted by atomic mass is 9.92. The standard InChI is InChI=1S/C19H30N2O2/c1-15(2)14-21-11-9-17(10-12-21)20-18(22)13-19(3,23)16-7-5-4-6-8-16/h4-8,15,17,23H,9-14H2,1-3H3,(H,20,22). The quantitative estimate of drug-likeness (QED) is 0.847. The van der Waals surface area contributed by atoms with Crippen molar-refractivity contribution in [3.63, 3.8) is 0 Å². The maximum atomic E-state index is 12.3. The molecule has 1 fully saturated rings. The third kappa shape index (κ3) is 5.63. The molecule has 0 spiro atoms. The van der Waals surface area contributed by atoms with E-state index in [1.807, 2.05) is 30.3 Å². The maximum Gasteiger partial charge on any atom is 0.223 e. The van der Waals surface area contributed by atoms with Crippen LogP contribution in [0, 0.1) is 5.92 Å². The fourth-order valence-corrected chi connectivity index (χ4v) is 3.27. The molecule has 4 heteroatoms. The topological polar surface area (TPSA) is 52.6 Å². The van der Waals surface area contributed by atoms with Crippen LogP contribution in [-0.2, 0) is 10.4 Å². The summed E-state index contributed by atoms with van der Waals surface area (Å²) in [7, 11) is 0. The minimum atomic E-state index is -1.12. The van der Waals surface area contributed by atoms with Gasteiger partial charge in [-0.1, -0.05) is 44.2 Å². The first-order valence-corrected chi connectivity index (χ1v) is 8.66. The highest BCUT2D eigenvalue weighted by Crippen LogP contribution is 2.24. The Labute approximate surface area is 139 Å². The molecule has 0 radical (unpaired) electrons. The highest BCUT2D eigenvalue weighted by atomic mass is 16.3.